The third-order valence-corrected chi connectivity index (χ3v) is 3.53. The van der Waals surface area contributed by atoms with Crippen LogP contribution in [0.25, 0.3) is 11.3 Å². The summed E-state index contributed by atoms with van der Waals surface area (Å²) in [5, 5.41) is 3.41. The number of morpholine rings is 1. The van der Waals surface area contributed by atoms with Crippen molar-refractivity contribution in [1.29, 1.82) is 0 Å². The van der Waals surface area contributed by atoms with E-state index in [4.69, 9.17) is 9.72 Å². The molecule has 1 fully saturated rings. The molecule has 4 nitrogen and oxygen atoms in total. The molecule has 0 bridgehead atoms. The van der Waals surface area contributed by atoms with Crippen molar-refractivity contribution in [1.82, 2.24) is 15.3 Å². The second-order valence-corrected chi connectivity index (χ2v) is 5.15. The Morgan fingerprint density at radius 3 is 2.80 bits per heavy atom. The lowest BCUT2D eigenvalue weighted by Gasteiger charge is -2.23. The molecule has 2 aromatic rings. The molecule has 1 aliphatic rings. The Balaban J connectivity index is 2.00. The van der Waals surface area contributed by atoms with Gasteiger partial charge in [0, 0.05) is 17.8 Å². The van der Waals surface area contributed by atoms with Gasteiger partial charge in [-0.3, -0.25) is 0 Å². The van der Waals surface area contributed by atoms with E-state index in [0.717, 1.165) is 35.9 Å². The molecule has 1 aliphatic heterocycles. The molecular weight excluding hydrogens is 250 g/mol. The summed E-state index contributed by atoms with van der Waals surface area (Å²) in [5.74, 6) is 0.822. The van der Waals surface area contributed by atoms with Crippen molar-refractivity contribution in [3.63, 3.8) is 0 Å². The number of benzene rings is 1. The largest absolute Gasteiger partial charge is 0.378 e. The Morgan fingerprint density at radius 1 is 1.20 bits per heavy atom. The molecule has 3 rings (SSSR count). The van der Waals surface area contributed by atoms with Crippen LogP contribution in [0.5, 0.6) is 0 Å². The van der Waals surface area contributed by atoms with E-state index in [1.54, 1.807) is 0 Å². The molecular formula is C16H19N3O. The molecule has 0 saturated carbocycles. The van der Waals surface area contributed by atoms with Crippen LogP contribution in [-0.4, -0.2) is 29.7 Å². The Morgan fingerprint density at radius 2 is 2.05 bits per heavy atom. The van der Waals surface area contributed by atoms with Crippen LogP contribution in [0.2, 0.25) is 0 Å². The highest BCUT2D eigenvalue weighted by atomic mass is 16.5. The van der Waals surface area contributed by atoms with Crippen molar-refractivity contribution in [2.75, 3.05) is 19.8 Å². The van der Waals surface area contributed by atoms with Gasteiger partial charge in [0.2, 0.25) is 0 Å². The number of nitrogens with zero attached hydrogens (tertiary/aromatic N) is 2. The SMILES string of the molecule is Cc1cc(-c2ccccc2C)nc(C2COCCN2)n1. The molecule has 1 N–H and O–H groups in total. The second kappa shape index (κ2) is 5.69. The number of nitrogens with one attached hydrogen (secondary N) is 1. The highest BCUT2D eigenvalue weighted by molar-refractivity contribution is 5.63. The Labute approximate surface area is 119 Å². The first-order valence-electron chi connectivity index (χ1n) is 6.97. The molecule has 1 saturated heterocycles. The van der Waals surface area contributed by atoms with Crippen molar-refractivity contribution in [3.05, 3.63) is 47.4 Å². The van der Waals surface area contributed by atoms with Crippen molar-refractivity contribution >= 4 is 0 Å². The zero-order valence-electron chi connectivity index (χ0n) is 11.9. The first-order chi connectivity index (χ1) is 9.74. The van der Waals surface area contributed by atoms with Crippen LogP contribution in [0.15, 0.2) is 30.3 Å². The second-order valence-electron chi connectivity index (χ2n) is 5.15. The van der Waals surface area contributed by atoms with Crippen molar-refractivity contribution < 1.29 is 4.74 Å². The van der Waals surface area contributed by atoms with Crippen LogP contribution < -0.4 is 5.32 Å². The van der Waals surface area contributed by atoms with Crippen molar-refractivity contribution in [2.24, 2.45) is 0 Å². The maximum Gasteiger partial charge on any atom is 0.148 e. The van der Waals surface area contributed by atoms with E-state index in [9.17, 15) is 0 Å². The third-order valence-electron chi connectivity index (χ3n) is 3.53. The van der Waals surface area contributed by atoms with E-state index in [1.165, 1.54) is 5.56 Å². The number of aryl methyl sites for hydroxylation is 2. The highest BCUT2D eigenvalue weighted by Crippen LogP contribution is 2.23. The summed E-state index contributed by atoms with van der Waals surface area (Å²) in [6.45, 7) is 6.36. The van der Waals surface area contributed by atoms with Crippen molar-refractivity contribution in [2.45, 2.75) is 19.9 Å². The van der Waals surface area contributed by atoms with Gasteiger partial charge >= 0.3 is 0 Å². The van der Waals surface area contributed by atoms with Gasteiger partial charge in [0.25, 0.3) is 0 Å². The minimum atomic E-state index is 0.0893. The predicted molar refractivity (Wildman–Crippen MR) is 78.5 cm³/mol. The lowest BCUT2D eigenvalue weighted by atomic mass is 10.0. The van der Waals surface area contributed by atoms with E-state index in [0.29, 0.717) is 6.61 Å². The van der Waals surface area contributed by atoms with Gasteiger partial charge in [0.15, 0.2) is 0 Å². The fraction of sp³-hybridized carbons (Fsp3) is 0.375. The van der Waals surface area contributed by atoms with E-state index >= 15 is 0 Å². The van der Waals surface area contributed by atoms with Crippen LogP contribution in [0.4, 0.5) is 0 Å². The zero-order valence-corrected chi connectivity index (χ0v) is 11.9. The lowest BCUT2D eigenvalue weighted by Crippen LogP contribution is -2.35. The maximum absolute atomic E-state index is 5.50. The predicted octanol–water partition coefficient (Wildman–Crippen LogP) is 2.42. The molecule has 2 heterocycles. The van der Waals surface area contributed by atoms with E-state index in [-0.39, 0.29) is 6.04 Å². The van der Waals surface area contributed by atoms with Crippen LogP contribution in [0, 0.1) is 13.8 Å². The minimum Gasteiger partial charge on any atom is -0.378 e. The standard InChI is InChI=1S/C16H19N3O/c1-11-5-3-4-6-13(11)14-9-12(2)18-16(19-14)15-10-20-8-7-17-15/h3-6,9,15,17H,7-8,10H2,1-2H3. The number of aromatic nitrogens is 2. The lowest BCUT2D eigenvalue weighted by molar-refractivity contribution is 0.0742. The molecule has 0 radical (unpaired) electrons. The van der Waals surface area contributed by atoms with Gasteiger partial charge in [-0.05, 0) is 25.5 Å². The third kappa shape index (κ3) is 2.71. The molecule has 0 spiro atoms. The summed E-state index contributed by atoms with van der Waals surface area (Å²) < 4.78 is 5.50. The Hall–Kier alpha value is -1.78. The van der Waals surface area contributed by atoms with E-state index < -0.39 is 0 Å². The fourth-order valence-electron chi connectivity index (χ4n) is 2.48. The van der Waals surface area contributed by atoms with Gasteiger partial charge in [0.1, 0.15) is 5.82 Å². The Kier molecular flexibility index (Phi) is 3.76. The smallest absolute Gasteiger partial charge is 0.148 e. The highest BCUT2D eigenvalue weighted by Gasteiger charge is 2.19. The number of hydrogen-bond acceptors (Lipinski definition) is 4. The monoisotopic (exact) mass is 269 g/mol. The molecule has 4 heteroatoms. The van der Waals surface area contributed by atoms with Gasteiger partial charge in [-0.15, -0.1) is 0 Å². The van der Waals surface area contributed by atoms with Gasteiger partial charge < -0.3 is 10.1 Å². The molecule has 0 amide bonds. The average molecular weight is 269 g/mol. The van der Waals surface area contributed by atoms with E-state index in [1.807, 2.05) is 25.1 Å². The van der Waals surface area contributed by atoms with Gasteiger partial charge in [-0.1, -0.05) is 24.3 Å². The van der Waals surface area contributed by atoms with Crippen LogP contribution in [0.3, 0.4) is 0 Å². The number of hydrogen-bond donors (Lipinski definition) is 1. The van der Waals surface area contributed by atoms with E-state index in [2.05, 4.69) is 29.4 Å². The zero-order chi connectivity index (χ0) is 13.9. The number of ether oxygens (including phenoxy) is 1. The molecule has 1 aromatic heterocycles. The molecule has 1 unspecified atom stereocenters. The van der Waals surface area contributed by atoms with Gasteiger partial charge in [-0.25, -0.2) is 9.97 Å². The van der Waals surface area contributed by atoms with Gasteiger partial charge in [-0.2, -0.15) is 0 Å². The van der Waals surface area contributed by atoms with Crippen LogP contribution >= 0.6 is 0 Å². The fourth-order valence-corrected chi connectivity index (χ4v) is 2.48. The molecule has 20 heavy (non-hydrogen) atoms. The average Bonchev–Trinajstić information content (AvgIpc) is 2.48. The summed E-state index contributed by atoms with van der Waals surface area (Å²) in [6, 6.07) is 10.4. The van der Waals surface area contributed by atoms with Crippen LogP contribution in [0.1, 0.15) is 23.1 Å². The summed E-state index contributed by atoms with van der Waals surface area (Å²) in [7, 11) is 0. The van der Waals surface area contributed by atoms with Gasteiger partial charge in [0.05, 0.1) is 24.9 Å². The maximum atomic E-state index is 5.50. The quantitative estimate of drug-likeness (QED) is 0.909. The summed E-state index contributed by atoms with van der Waals surface area (Å²) in [6.07, 6.45) is 0. The first kappa shape index (κ1) is 13.2. The number of rotatable bonds is 2. The molecule has 0 aliphatic carbocycles. The first-order valence-corrected chi connectivity index (χ1v) is 6.97. The van der Waals surface area contributed by atoms with Crippen molar-refractivity contribution in [3.8, 4) is 11.3 Å². The Bertz CT molecular complexity index is 606. The molecule has 1 atom stereocenters. The minimum absolute atomic E-state index is 0.0893. The summed E-state index contributed by atoms with van der Waals surface area (Å²) in [5.41, 5.74) is 4.36. The molecule has 1 aromatic carbocycles. The normalized spacial score (nSPS) is 19.0. The van der Waals surface area contributed by atoms with Crippen LogP contribution in [-0.2, 0) is 4.74 Å². The topological polar surface area (TPSA) is 47.0 Å². The summed E-state index contributed by atoms with van der Waals surface area (Å²) in [4.78, 5) is 9.29. The summed E-state index contributed by atoms with van der Waals surface area (Å²) >= 11 is 0. The molecule has 104 valence electrons.